The van der Waals surface area contributed by atoms with Gasteiger partial charge in [-0.1, -0.05) is 12.8 Å². The highest BCUT2D eigenvalue weighted by Crippen LogP contribution is 2.25. The van der Waals surface area contributed by atoms with E-state index < -0.39 is 0 Å². The van der Waals surface area contributed by atoms with Gasteiger partial charge in [0.25, 0.3) is 0 Å². The van der Waals surface area contributed by atoms with Gasteiger partial charge in [0.2, 0.25) is 0 Å². The summed E-state index contributed by atoms with van der Waals surface area (Å²) in [5, 5.41) is 0. The Morgan fingerprint density at radius 2 is 1.89 bits per heavy atom. The van der Waals surface area contributed by atoms with Crippen LogP contribution in [-0.2, 0) is 6.42 Å². The molecule has 1 aromatic rings. The molecule has 0 aromatic heterocycles. The van der Waals surface area contributed by atoms with Crippen molar-refractivity contribution in [2.45, 2.75) is 45.1 Å². The fraction of sp³-hybridized carbons (Fsp3) is 0.600. The molecule has 1 heterocycles. The number of halogens is 1. The van der Waals surface area contributed by atoms with Crippen LogP contribution >= 0.6 is 0 Å². The van der Waals surface area contributed by atoms with Gasteiger partial charge in [-0.15, -0.1) is 0 Å². The molecule has 1 atom stereocenters. The SMILES string of the molecule is CC(N)Cc1cc(F)ccc1N1CCCCCC1. The first-order valence-electron chi connectivity index (χ1n) is 6.96. The average molecular weight is 250 g/mol. The molecule has 1 unspecified atom stereocenters. The van der Waals surface area contributed by atoms with Gasteiger partial charge in [-0.3, -0.25) is 0 Å². The summed E-state index contributed by atoms with van der Waals surface area (Å²) in [6.45, 7) is 4.13. The molecular formula is C15H23FN2. The zero-order valence-electron chi connectivity index (χ0n) is 11.2. The second kappa shape index (κ2) is 6.19. The Balaban J connectivity index is 2.23. The molecule has 2 rings (SSSR count). The highest BCUT2D eigenvalue weighted by Gasteiger charge is 2.14. The quantitative estimate of drug-likeness (QED) is 0.893. The fourth-order valence-electron chi connectivity index (χ4n) is 2.68. The van der Waals surface area contributed by atoms with Crippen molar-refractivity contribution in [3.05, 3.63) is 29.6 Å². The van der Waals surface area contributed by atoms with Gasteiger partial charge in [-0.25, -0.2) is 4.39 Å². The Morgan fingerprint density at radius 1 is 1.22 bits per heavy atom. The van der Waals surface area contributed by atoms with E-state index in [9.17, 15) is 4.39 Å². The van der Waals surface area contributed by atoms with Gasteiger partial charge in [-0.2, -0.15) is 0 Å². The van der Waals surface area contributed by atoms with Crippen LogP contribution in [0.15, 0.2) is 18.2 Å². The fourth-order valence-corrected chi connectivity index (χ4v) is 2.68. The number of hydrogen-bond acceptors (Lipinski definition) is 2. The summed E-state index contributed by atoms with van der Waals surface area (Å²) in [6.07, 6.45) is 5.81. The summed E-state index contributed by atoms with van der Waals surface area (Å²) >= 11 is 0. The molecule has 1 saturated heterocycles. The third-order valence-electron chi connectivity index (χ3n) is 3.53. The summed E-state index contributed by atoms with van der Waals surface area (Å²) in [4.78, 5) is 2.39. The van der Waals surface area contributed by atoms with Gasteiger partial charge in [0.05, 0.1) is 0 Å². The molecule has 0 bridgehead atoms. The third-order valence-corrected chi connectivity index (χ3v) is 3.53. The number of anilines is 1. The monoisotopic (exact) mass is 250 g/mol. The van der Waals surface area contributed by atoms with Crippen molar-refractivity contribution in [1.29, 1.82) is 0 Å². The molecule has 0 radical (unpaired) electrons. The van der Waals surface area contributed by atoms with Gasteiger partial charge in [0, 0.05) is 24.8 Å². The lowest BCUT2D eigenvalue weighted by Crippen LogP contribution is -2.27. The molecule has 1 aliphatic rings. The number of rotatable bonds is 3. The molecule has 0 saturated carbocycles. The van der Waals surface area contributed by atoms with E-state index in [1.165, 1.54) is 31.4 Å². The molecule has 0 spiro atoms. The van der Waals surface area contributed by atoms with Crippen LogP contribution in [0.2, 0.25) is 0 Å². The summed E-state index contributed by atoms with van der Waals surface area (Å²) < 4.78 is 13.4. The van der Waals surface area contributed by atoms with Crippen molar-refractivity contribution in [1.82, 2.24) is 0 Å². The first kappa shape index (κ1) is 13.3. The molecule has 2 nitrogen and oxygen atoms in total. The van der Waals surface area contributed by atoms with Gasteiger partial charge < -0.3 is 10.6 Å². The van der Waals surface area contributed by atoms with Gasteiger partial charge in [0.1, 0.15) is 5.82 Å². The first-order valence-corrected chi connectivity index (χ1v) is 6.96. The van der Waals surface area contributed by atoms with E-state index in [1.807, 2.05) is 13.0 Å². The van der Waals surface area contributed by atoms with Crippen LogP contribution in [0.25, 0.3) is 0 Å². The zero-order chi connectivity index (χ0) is 13.0. The maximum Gasteiger partial charge on any atom is 0.123 e. The number of hydrogen-bond donors (Lipinski definition) is 1. The molecule has 18 heavy (non-hydrogen) atoms. The smallest absolute Gasteiger partial charge is 0.123 e. The van der Waals surface area contributed by atoms with E-state index >= 15 is 0 Å². The summed E-state index contributed by atoms with van der Waals surface area (Å²) in [5.41, 5.74) is 8.09. The first-order chi connectivity index (χ1) is 8.66. The standard InChI is InChI=1S/C15H23FN2/c1-12(17)10-13-11-14(16)6-7-15(13)18-8-4-2-3-5-9-18/h6-7,11-12H,2-5,8-10,17H2,1H3. The van der Waals surface area contributed by atoms with Gasteiger partial charge >= 0.3 is 0 Å². The number of nitrogens with zero attached hydrogens (tertiary/aromatic N) is 1. The van der Waals surface area contributed by atoms with Crippen LogP contribution < -0.4 is 10.6 Å². The molecular weight excluding hydrogens is 227 g/mol. The van der Waals surface area contributed by atoms with Crippen molar-refractivity contribution >= 4 is 5.69 Å². The van der Waals surface area contributed by atoms with Crippen molar-refractivity contribution in [3.8, 4) is 0 Å². The normalized spacial score (nSPS) is 18.5. The molecule has 0 aliphatic carbocycles. The largest absolute Gasteiger partial charge is 0.371 e. The van der Waals surface area contributed by atoms with Crippen LogP contribution in [0.4, 0.5) is 10.1 Å². The summed E-state index contributed by atoms with van der Waals surface area (Å²) in [6, 6.07) is 5.19. The highest BCUT2D eigenvalue weighted by molar-refractivity contribution is 5.54. The maximum absolute atomic E-state index is 13.4. The van der Waals surface area contributed by atoms with Crippen LogP contribution in [0, 0.1) is 5.82 Å². The third kappa shape index (κ3) is 3.45. The minimum absolute atomic E-state index is 0.0672. The molecule has 100 valence electrons. The van der Waals surface area contributed by atoms with Crippen molar-refractivity contribution in [3.63, 3.8) is 0 Å². The maximum atomic E-state index is 13.4. The molecule has 3 heteroatoms. The molecule has 1 fully saturated rings. The van der Waals surface area contributed by atoms with Crippen LogP contribution in [0.3, 0.4) is 0 Å². The van der Waals surface area contributed by atoms with E-state index in [2.05, 4.69) is 4.90 Å². The molecule has 1 aliphatic heterocycles. The zero-order valence-corrected chi connectivity index (χ0v) is 11.2. The lowest BCUT2D eigenvalue weighted by atomic mass is 10.0. The molecule has 1 aromatic carbocycles. The van der Waals surface area contributed by atoms with Gasteiger partial charge in [-0.05, 0) is 49.9 Å². The van der Waals surface area contributed by atoms with E-state index in [0.29, 0.717) is 0 Å². The summed E-state index contributed by atoms with van der Waals surface area (Å²) in [7, 11) is 0. The Bertz CT molecular complexity index is 382. The van der Waals surface area contributed by atoms with E-state index in [-0.39, 0.29) is 11.9 Å². The van der Waals surface area contributed by atoms with Crippen LogP contribution in [-0.4, -0.2) is 19.1 Å². The highest BCUT2D eigenvalue weighted by atomic mass is 19.1. The lowest BCUT2D eigenvalue weighted by Gasteiger charge is -2.26. The van der Waals surface area contributed by atoms with E-state index in [4.69, 9.17) is 5.73 Å². The van der Waals surface area contributed by atoms with Gasteiger partial charge in [0.15, 0.2) is 0 Å². The minimum Gasteiger partial charge on any atom is -0.371 e. The number of benzene rings is 1. The van der Waals surface area contributed by atoms with Crippen LogP contribution in [0.5, 0.6) is 0 Å². The van der Waals surface area contributed by atoms with E-state index in [1.54, 1.807) is 12.1 Å². The Hall–Kier alpha value is -1.09. The topological polar surface area (TPSA) is 29.3 Å². The molecule has 0 amide bonds. The minimum atomic E-state index is -0.163. The van der Waals surface area contributed by atoms with Crippen molar-refractivity contribution < 1.29 is 4.39 Å². The van der Waals surface area contributed by atoms with Crippen LogP contribution in [0.1, 0.15) is 38.2 Å². The van der Waals surface area contributed by atoms with Crippen molar-refractivity contribution in [2.75, 3.05) is 18.0 Å². The predicted octanol–water partition coefficient (Wildman–Crippen LogP) is 3.10. The Morgan fingerprint density at radius 3 is 2.50 bits per heavy atom. The number of nitrogens with two attached hydrogens (primary N) is 1. The second-order valence-corrected chi connectivity index (χ2v) is 5.36. The Labute approximate surface area is 109 Å². The lowest BCUT2D eigenvalue weighted by molar-refractivity contribution is 0.621. The second-order valence-electron chi connectivity index (χ2n) is 5.36. The van der Waals surface area contributed by atoms with E-state index in [0.717, 1.165) is 25.1 Å². The average Bonchev–Trinajstić information content (AvgIpc) is 2.57. The molecule has 2 N–H and O–H groups in total. The predicted molar refractivity (Wildman–Crippen MR) is 74.4 cm³/mol. The summed E-state index contributed by atoms with van der Waals surface area (Å²) in [5.74, 6) is -0.163. The van der Waals surface area contributed by atoms with Crippen molar-refractivity contribution in [2.24, 2.45) is 5.73 Å². The Kier molecular flexibility index (Phi) is 4.59.